The minimum atomic E-state index is -3.55. The zero-order valence-corrected chi connectivity index (χ0v) is 14.7. The molecule has 0 unspecified atom stereocenters. The number of carbonyl (C=O) groups excluding carboxylic acids is 1. The van der Waals surface area contributed by atoms with Crippen molar-refractivity contribution in [3.8, 4) is 0 Å². The molecule has 1 amide bonds. The zero-order valence-electron chi connectivity index (χ0n) is 12.2. The summed E-state index contributed by atoms with van der Waals surface area (Å²) in [6.45, 7) is 1.94. The Morgan fingerprint density at radius 2 is 2.09 bits per heavy atom. The van der Waals surface area contributed by atoms with Crippen LogP contribution in [0.25, 0.3) is 0 Å². The first-order valence-corrected chi connectivity index (χ1v) is 10.2. The monoisotopic (exact) mass is 372 g/mol. The number of nitrogens with zero attached hydrogens (tertiary/aromatic N) is 1. The van der Waals surface area contributed by atoms with Crippen LogP contribution in [0.15, 0.2) is 33.9 Å². The average molecular weight is 372 g/mol. The largest absolute Gasteiger partial charge is 0.379 e. The Balaban J connectivity index is 1.68. The third-order valence-corrected chi connectivity index (χ3v) is 7.24. The highest BCUT2D eigenvalue weighted by Crippen LogP contribution is 2.23. The molecule has 1 aliphatic heterocycles. The molecule has 1 aliphatic rings. The summed E-state index contributed by atoms with van der Waals surface area (Å²) in [5.41, 5.74) is 0. The molecule has 1 N–H and O–H groups in total. The Kier molecular flexibility index (Phi) is 5.12. The summed E-state index contributed by atoms with van der Waals surface area (Å²) in [5.74, 6) is -0.258. The van der Waals surface area contributed by atoms with E-state index in [2.05, 4.69) is 5.32 Å². The molecule has 9 heteroatoms. The number of thiophene rings is 2. The lowest BCUT2D eigenvalue weighted by Crippen LogP contribution is -2.40. The molecule has 3 rings (SSSR count). The van der Waals surface area contributed by atoms with Gasteiger partial charge in [0.15, 0.2) is 0 Å². The van der Waals surface area contributed by atoms with Crippen LogP contribution in [0.1, 0.15) is 14.5 Å². The van der Waals surface area contributed by atoms with Gasteiger partial charge >= 0.3 is 0 Å². The minimum absolute atomic E-state index is 0.172. The molecule has 6 nitrogen and oxygen atoms in total. The van der Waals surface area contributed by atoms with Crippen molar-refractivity contribution in [1.82, 2.24) is 9.62 Å². The highest BCUT2D eigenvalue weighted by molar-refractivity contribution is 7.89. The number of rotatable bonds is 5. The van der Waals surface area contributed by atoms with Crippen LogP contribution >= 0.6 is 22.7 Å². The number of amides is 1. The Morgan fingerprint density at radius 3 is 2.78 bits per heavy atom. The lowest BCUT2D eigenvalue weighted by Gasteiger charge is -2.25. The maximum atomic E-state index is 12.5. The molecule has 1 fully saturated rings. The number of hydrogen-bond acceptors (Lipinski definition) is 6. The minimum Gasteiger partial charge on any atom is -0.379 e. The van der Waals surface area contributed by atoms with E-state index in [1.807, 2.05) is 17.5 Å². The van der Waals surface area contributed by atoms with Gasteiger partial charge in [-0.2, -0.15) is 4.31 Å². The Bertz CT molecular complexity index is 762. The smallest absolute Gasteiger partial charge is 0.261 e. The van der Waals surface area contributed by atoms with Crippen molar-refractivity contribution in [3.05, 3.63) is 38.7 Å². The molecule has 23 heavy (non-hydrogen) atoms. The Morgan fingerprint density at radius 1 is 1.30 bits per heavy atom. The number of carbonyl (C=O) groups is 1. The summed E-state index contributed by atoms with van der Waals surface area (Å²) < 4.78 is 31.6. The maximum Gasteiger partial charge on any atom is 0.261 e. The van der Waals surface area contributed by atoms with Crippen molar-refractivity contribution in [3.63, 3.8) is 0 Å². The van der Waals surface area contributed by atoms with E-state index in [1.54, 1.807) is 11.3 Å². The SMILES string of the molecule is O=C(NCc1cccs1)c1cc(S(=O)(=O)N2CCOCC2)cs1. The number of sulfonamides is 1. The van der Waals surface area contributed by atoms with Crippen LogP contribution in [0.3, 0.4) is 0 Å². The first kappa shape index (κ1) is 16.6. The van der Waals surface area contributed by atoms with E-state index in [9.17, 15) is 13.2 Å². The summed E-state index contributed by atoms with van der Waals surface area (Å²) in [4.78, 5) is 13.8. The number of nitrogens with one attached hydrogen (secondary N) is 1. The summed E-state index contributed by atoms with van der Waals surface area (Å²) >= 11 is 2.70. The van der Waals surface area contributed by atoms with Crippen LogP contribution in [0, 0.1) is 0 Å². The quantitative estimate of drug-likeness (QED) is 0.868. The fourth-order valence-corrected chi connectivity index (χ4v) is 5.41. The molecule has 0 radical (unpaired) electrons. The van der Waals surface area contributed by atoms with Gasteiger partial charge in [-0.25, -0.2) is 8.42 Å². The predicted octanol–water partition coefficient (Wildman–Crippen LogP) is 1.76. The fourth-order valence-electron chi connectivity index (χ4n) is 2.18. The summed E-state index contributed by atoms with van der Waals surface area (Å²) in [7, 11) is -3.55. The first-order valence-electron chi connectivity index (χ1n) is 7.04. The van der Waals surface area contributed by atoms with Crippen molar-refractivity contribution in [2.75, 3.05) is 26.3 Å². The van der Waals surface area contributed by atoms with E-state index in [0.29, 0.717) is 37.7 Å². The van der Waals surface area contributed by atoms with E-state index < -0.39 is 10.0 Å². The lowest BCUT2D eigenvalue weighted by molar-refractivity contribution is 0.0730. The number of ether oxygens (including phenoxy) is 1. The van der Waals surface area contributed by atoms with Gasteiger partial charge in [-0.3, -0.25) is 4.79 Å². The van der Waals surface area contributed by atoms with Crippen LogP contribution in [0.5, 0.6) is 0 Å². The van der Waals surface area contributed by atoms with Crippen molar-refractivity contribution >= 4 is 38.6 Å². The Hall–Kier alpha value is -1.26. The van der Waals surface area contributed by atoms with Gasteiger partial charge in [0.25, 0.3) is 5.91 Å². The standard InChI is InChI=1S/C14H16N2O4S3/c17-14(15-9-11-2-1-7-21-11)13-8-12(10-22-13)23(18,19)16-3-5-20-6-4-16/h1-2,7-8,10H,3-6,9H2,(H,15,17). The first-order chi connectivity index (χ1) is 11.1. The fraction of sp³-hybridized carbons (Fsp3) is 0.357. The normalized spacial score (nSPS) is 16.3. The van der Waals surface area contributed by atoms with Crippen LogP contribution in [-0.2, 0) is 21.3 Å². The molecule has 0 atom stereocenters. The second-order valence-electron chi connectivity index (χ2n) is 4.93. The van der Waals surface area contributed by atoms with Gasteiger partial charge in [0.1, 0.15) is 0 Å². The van der Waals surface area contributed by atoms with E-state index in [4.69, 9.17) is 4.74 Å². The van der Waals surface area contributed by atoms with Crippen molar-refractivity contribution in [2.24, 2.45) is 0 Å². The van der Waals surface area contributed by atoms with Crippen molar-refractivity contribution in [1.29, 1.82) is 0 Å². The molecule has 2 aromatic heterocycles. The molecule has 0 bridgehead atoms. The van der Waals surface area contributed by atoms with Crippen LogP contribution in [0.4, 0.5) is 0 Å². The maximum absolute atomic E-state index is 12.5. The van der Waals surface area contributed by atoms with Gasteiger partial charge in [0.2, 0.25) is 10.0 Å². The van der Waals surface area contributed by atoms with E-state index in [1.165, 1.54) is 15.8 Å². The van der Waals surface area contributed by atoms with Crippen LogP contribution in [0.2, 0.25) is 0 Å². The van der Waals surface area contributed by atoms with E-state index in [-0.39, 0.29) is 10.8 Å². The molecule has 0 spiro atoms. The van der Waals surface area contributed by atoms with Gasteiger partial charge in [-0.15, -0.1) is 22.7 Å². The third kappa shape index (κ3) is 3.81. The zero-order chi connectivity index (χ0) is 16.3. The second-order valence-corrected chi connectivity index (χ2v) is 8.81. The van der Waals surface area contributed by atoms with E-state index >= 15 is 0 Å². The average Bonchev–Trinajstić information content (AvgIpc) is 3.25. The van der Waals surface area contributed by atoms with Gasteiger partial charge in [-0.1, -0.05) is 6.07 Å². The van der Waals surface area contributed by atoms with Crippen LogP contribution < -0.4 is 5.32 Å². The summed E-state index contributed by atoms with van der Waals surface area (Å²) in [6.07, 6.45) is 0. The van der Waals surface area contributed by atoms with Gasteiger partial charge in [0, 0.05) is 23.3 Å². The van der Waals surface area contributed by atoms with Crippen LogP contribution in [-0.4, -0.2) is 44.9 Å². The highest BCUT2D eigenvalue weighted by atomic mass is 32.2. The molecule has 0 aliphatic carbocycles. The van der Waals surface area contributed by atoms with Gasteiger partial charge in [0.05, 0.1) is 29.5 Å². The summed E-state index contributed by atoms with van der Waals surface area (Å²) in [6, 6.07) is 5.30. The third-order valence-electron chi connectivity index (χ3n) is 3.41. The highest BCUT2D eigenvalue weighted by Gasteiger charge is 2.28. The van der Waals surface area contributed by atoms with Gasteiger partial charge in [-0.05, 0) is 17.5 Å². The summed E-state index contributed by atoms with van der Waals surface area (Å²) in [5, 5.41) is 6.26. The molecular weight excluding hydrogens is 356 g/mol. The molecule has 1 saturated heterocycles. The molecule has 0 saturated carbocycles. The molecule has 0 aromatic carbocycles. The number of morpholine rings is 1. The molecule has 124 valence electrons. The molecule has 3 heterocycles. The Labute approximate surface area is 142 Å². The van der Waals surface area contributed by atoms with Gasteiger partial charge < -0.3 is 10.1 Å². The predicted molar refractivity (Wildman–Crippen MR) is 89.4 cm³/mol. The lowest BCUT2D eigenvalue weighted by atomic mass is 10.4. The molecular formula is C14H16N2O4S3. The van der Waals surface area contributed by atoms with Crippen molar-refractivity contribution < 1.29 is 17.9 Å². The molecule has 2 aromatic rings. The van der Waals surface area contributed by atoms with Crippen molar-refractivity contribution in [2.45, 2.75) is 11.4 Å². The second kappa shape index (κ2) is 7.10. The number of hydrogen-bond donors (Lipinski definition) is 1. The topological polar surface area (TPSA) is 75.7 Å². The van der Waals surface area contributed by atoms with E-state index in [0.717, 1.165) is 16.2 Å².